The third-order valence-corrected chi connectivity index (χ3v) is 13.8. The summed E-state index contributed by atoms with van der Waals surface area (Å²) in [7, 11) is 1.29. The molecule has 17 nitrogen and oxygen atoms in total. The molecule has 0 radical (unpaired) electrons. The summed E-state index contributed by atoms with van der Waals surface area (Å²) in [6.07, 6.45) is -2.81. The Bertz CT molecular complexity index is 2170. The highest BCUT2D eigenvalue weighted by Gasteiger charge is 2.53. The van der Waals surface area contributed by atoms with Gasteiger partial charge in [0.05, 0.1) is 41.4 Å². The fourth-order valence-electron chi connectivity index (χ4n) is 8.48. The zero-order chi connectivity index (χ0) is 53.4. The monoisotopic (exact) mass is 1040 g/mol. The van der Waals surface area contributed by atoms with E-state index in [4.69, 9.17) is 61.1 Å². The fraction of sp³-hybridized carbons (Fsp3) is 0.635. The third-order valence-electron chi connectivity index (χ3n) is 13.0. The zero-order valence-corrected chi connectivity index (χ0v) is 44.4. The molecule has 0 unspecified atom stereocenters. The highest BCUT2D eigenvalue weighted by molar-refractivity contribution is 6.39. The van der Waals surface area contributed by atoms with E-state index in [9.17, 15) is 45.0 Å². The molecule has 71 heavy (non-hydrogen) atoms. The Morgan fingerprint density at radius 3 is 2.15 bits per heavy atom. The second-order valence-corrected chi connectivity index (χ2v) is 20.4. The number of aliphatic hydroxyl groups is 4. The van der Waals surface area contributed by atoms with Crippen LogP contribution in [0.25, 0.3) is 0 Å². The van der Waals surface area contributed by atoms with Gasteiger partial charge in [-0.3, -0.25) is 4.79 Å². The van der Waals surface area contributed by atoms with Crippen LogP contribution in [-0.4, -0.2) is 141 Å². The van der Waals surface area contributed by atoms with Crippen molar-refractivity contribution < 1.29 is 82.9 Å². The summed E-state index contributed by atoms with van der Waals surface area (Å²) in [5, 5.41) is 65.4. The Hall–Kier alpha value is -3.85. The number of carbonyl (C=O) groups is 3. The van der Waals surface area contributed by atoms with Crippen molar-refractivity contribution in [1.82, 2.24) is 0 Å². The summed E-state index contributed by atoms with van der Waals surface area (Å²) in [4.78, 5) is 40.0. The molecule has 1 aromatic carbocycles. The number of aliphatic hydroxyl groups excluding tert-OH is 4. The Labute approximate surface area is 427 Å². The molecule has 6 N–H and O–H groups in total. The van der Waals surface area contributed by atoms with E-state index in [2.05, 4.69) is 0 Å². The van der Waals surface area contributed by atoms with E-state index in [0.717, 1.165) is 11.1 Å². The van der Waals surface area contributed by atoms with E-state index in [-0.39, 0.29) is 41.0 Å². The number of phenols is 2. The number of aromatic hydroxyl groups is 2. The van der Waals surface area contributed by atoms with Gasteiger partial charge in [-0.05, 0) is 90.0 Å². The van der Waals surface area contributed by atoms with Gasteiger partial charge in [0.25, 0.3) is 0 Å². The molecule has 3 heterocycles. The van der Waals surface area contributed by atoms with E-state index < -0.39 is 125 Å². The average Bonchev–Trinajstić information content (AvgIpc) is 3.30. The number of methoxy groups -OCH3 is 1. The van der Waals surface area contributed by atoms with Gasteiger partial charge in [0.1, 0.15) is 46.7 Å². The zero-order valence-electron chi connectivity index (χ0n) is 42.9. The standard InChI is InChI=1S/C52H74Cl2O17/c1-14-31-22-27(7)33(55)18-16-15-17-32(23-65-51-45(64-13)42(60)44(30(10)66-51)68-49(63)35-29(9)36(53)39(57)37(54)38(35)56)48(62)67-34(24(2)3)20-19-26(6)21-28(8)43(31)69-50-41(59)40(58)46(52(11,12)71-50)70-47(61)25(4)5/h15-17,19,21-22,24-25,30-31,33-34,40-46,50-51,55-60H,14,18,20,23H2,1-13H3/b16-15+,26-19+,27-22+,28-21+,32-17+/t30-,31+,33+,34+,40-,41+,42+,43+,44-,45+,46+,50-,51-/m1/s1. The molecule has 0 aliphatic carbocycles. The van der Waals surface area contributed by atoms with Gasteiger partial charge in [0.2, 0.25) is 0 Å². The second-order valence-electron chi connectivity index (χ2n) is 19.7. The highest BCUT2D eigenvalue weighted by atomic mass is 35.5. The topological polar surface area (TPSA) is 246 Å². The maximum absolute atomic E-state index is 14.0. The lowest BCUT2D eigenvalue weighted by atomic mass is 9.88. The van der Waals surface area contributed by atoms with Gasteiger partial charge in [0, 0.05) is 19.4 Å². The average molecular weight is 1040 g/mol. The third kappa shape index (κ3) is 14.7. The molecule has 0 amide bonds. The minimum absolute atomic E-state index is 0.0129. The largest absolute Gasteiger partial charge is 0.505 e. The van der Waals surface area contributed by atoms with Crippen molar-refractivity contribution in [2.45, 2.75) is 182 Å². The molecule has 2 saturated heterocycles. The Kier molecular flexibility index (Phi) is 21.8. The quantitative estimate of drug-likeness (QED) is 0.0685. The molecule has 0 saturated carbocycles. The van der Waals surface area contributed by atoms with E-state index in [1.54, 1.807) is 46.8 Å². The Morgan fingerprint density at radius 2 is 1.55 bits per heavy atom. The van der Waals surface area contributed by atoms with Crippen LogP contribution in [0.15, 0.2) is 58.7 Å². The van der Waals surface area contributed by atoms with E-state index in [1.807, 2.05) is 52.8 Å². The number of hydrogen-bond donors (Lipinski definition) is 6. The summed E-state index contributed by atoms with van der Waals surface area (Å²) in [6, 6.07) is 0. The normalized spacial score (nSPS) is 34.8. The predicted octanol–water partition coefficient (Wildman–Crippen LogP) is 7.26. The van der Waals surface area contributed by atoms with Crippen LogP contribution < -0.4 is 0 Å². The predicted molar refractivity (Wildman–Crippen MR) is 264 cm³/mol. The van der Waals surface area contributed by atoms with E-state index in [1.165, 1.54) is 27.0 Å². The van der Waals surface area contributed by atoms with Crippen LogP contribution >= 0.6 is 23.2 Å². The van der Waals surface area contributed by atoms with Crippen LogP contribution in [0.4, 0.5) is 0 Å². The molecular weight excluding hydrogens is 967 g/mol. The number of rotatable bonds is 12. The number of esters is 3. The van der Waals surface area contributed by atoms with Crippen molar-refractivity contribution in [3.05, 3.63) is 79.9 Å². The smallest absolute Gasteiger partial charge is 0.342 e. The molecule has 3 aliphatic heterocycles. The van der Waals surface area contributed by atoms with Crippen LogP contribution in [0, 0.1) is 24.7 Å². The second kappa shape index (κ2) is 25.9. The van der Waals surface area contributed by atoms with Gasteiger partial charge < -0.3 is 68.5 Å². The van der Waals surface area contributed by atoms with Crippen molar-refractivity contribution in [1.29, 1.82) is 0 Å². The van der Waals surface area contributed by atoms with Gasteiger partial charge in [-0.25, -0.2) is 9.59 Å². The number of benzene rings is 1. The maximum Gasteiger partial charge on any atom is 0.342 e. The van der Waals surface area contributed by atoms with Crippen LogP contribution in [0.3, 0.4) is 0 Å². The molecule has 1 aromatic rings. The number of phenolic OH excluding ortho intramolecular Hbond substituents is 2. The molecule has 13 atom stereocenters. The number of ether oxygens (including phenoxy) is 8. The maximum atomic E-state index is 14.0. The first-order valence-corrected chi connectivity index (χ1v) is 24.7. The SMILES string of the molecule is CC[C@H]1/C=C(\C)[C@@H](O)C/C=C/C=C(\CO[C@@H]2O[C@H](C)[C@@H](OC(=O)c3c(C)c(Cl)c(O)c(Cl)c3O)[C@H](O)[C@@H]2OC)C(=O)O[C@H](C(C)C)C/C=C(C)/C=C(\C)[C@@H]1O[C@@H]1OC(C)(C)[C@@H](OC(=O)C(C)C)[C@H](O)[C@@H]1O. The summed E-state index contributed by atoms with van der Waals surface area (Å²) in [5.74, 6) is -4.70. The first-order chi connectivity index (χ1) is 33.2. The van der Waals surface area contributed by atoms with Gasteiger partial charge in [-0.2, -0.15) is 0 Å². The molecule has 0 spiro atoms. The lowest BCUT2D eigenvalue weighted by Crippen LogP contribution is -2.64. The molecule has 4 rings (SSSR count). The molecule has 0 bridgehead atoms. The minimum atomic E-state index is -1.58. The van der Waals surface area contributed by atoms with Crippen LogP contribution in [-0.2, 0) is 47.5 Å². The van der Waals surface area contributed by atoms with Crippen molar-refractivity contribution in [3.8, 4) is 11.5 Å². The first-order valence-electron chi connectivity index (χ1n) is 23.9. The number of halogens is 2. The van der Waals surface area contributed by atoms with Gasteiger partial charge in [-0.15, -0.1) is 0 Å². The van der Waals surface area contributed by atoms with Crippen molar-refractivity contribution in [3.63, 3.8) is 0 Å². The summed E-state index contributed by atoms with van der Waals surface area (Å²) >= 11 is 12.1. The highest BCUT2D eigenvalue weighted by Crippen LogP contribution is 2.44. The lowest BCUT2D eigenvalue weighted by Gasteiger charge is -2.47. The minimum Gasteiger partial charge on any atom is -0.505 e. The molecule has 19 heteroatoms. The van der Waals surface area contributed by atoms with Crippen LogP contribution in [0.2, 0.25) is 10.0 Å². The summed E-state index contributed by atoms with van der Waals surface area (Å²) in [6.45, 7) is 20.5. The Morgan fingerprint density at radius 1 is 0.887 bits per heavy atom. The van der Waals surface area contributed by atoms with Gasteiger partial charge in [-0.1, -0.05) is 93.8 Å². The number of carbonyl (C=O) groups excluding carboxylic acids is 3. The number of allylic oxidation sites excluding steroid dienone is 4. The summed E-state index contributed by atoms with van der Waals surface area (Å²) in [5.41, 5.74) is 0.562. The molecular formula is C52H74Cl2O17. The van der Waals surface area contributed by atoms with E-state index in [0.29, 0.717) is 18.4 Å². The Balaban J connectivity index is 1.60. The fourth-order valence-corrected chi connectivity index (χ4v) is 8.91. The summed E-state index contributed by atoms with van der Waals surface area (Å²) < 4.78 is 47.9. The van der Waals surface area contributed by atoms with Gasteiger partial charge >= 0.3 is 17.9 Å². The molecule has 2 fully saturated rings. The molecule has 398 valence electrons. The van der Waals surface area contributed by atoms with Gasteiger partial charge in [0.15, 0.2) is 36.3 Å². The van der Waals surface area contributed by atoms with Crippen molar-refractivity contribution in [2.75, 3.05) is 13.7 Å². The van der Waals surface area contributed by atoms with Crippen molar-refractivity contribution in [2.24, 2.45) is 17.8 Å². The lowest BCUT2D eigenvalue weighted by molar-refractivity contribution is -0.333. The van der Waals surface area contributed by atoms with E-state index >= 15 is 0 Å². The molecule has 0 aromatic heterocycles. The van der Waals surface area contributed by atoms with Crippen LogP contribution in [0.5, 0.6) is 11.5 Å². The first kappa shape index (κ1) is 59.7. The molecule has 3 aliphatic rings. The van der Waals surface area contributed by atoms with Crippen LogP contribution in [0.1, 0.15) is 111 Å². The van der Waals surface area contributed by atoms with Crippen molar-refractivity contribution >= 4 is 41.1 Å². The number of cyclic esters (lactones) is 1. The number of hydrogen-bond acceptors (Lipinski definition) is 17.